The number of rotatable bonds is 3. The van der Waals surface area contributed by atoms with Gasteiger partial charge in [0, 0.05) is 17.0 Å². The molecule has 0 spiro atoms. The molecule has 3 heteroatoms. The number of hydrogen-bond acceptors (Lipinski definition) is 2. The van der Waals surface area contributed by atoms with Gasteiger partial charge in [-0.2, -0.15) is 0 Å². The predicted octanol–water partition coefficient (Wildman–Crippen LogP) is 3.65. The Morgan fingerprint density at radius 1 is 1.19 bits per heavy atom. The van der Waals surface area contributed by atoms with Crippen molar-refractivity contribution in [2.24, 2.45) is 0 Å². The smallest absolute Gasteiger partial charge is 0.213 e. The standard InChI is InChI=1S/C13H12BrNO/c1-16-13-8-10(9-14)7-12(15-13)11-5-3-2-4-6-11/h2-8H,9H2,1H3. The summed E-state index contributed by atoms with van der Waals surface area (Å²) in [5.74, 6) is 0.649. The number of halogens is 1. The molecule has 0 saturated carbocycles. The van der Waals surface area contributed by atoms with Crippen LogP contribution >= 0.6 is 15.9 Å². The van der Waals surface area contributed by atoms with Gasteiger partial charge in [0.1, 0.15) is 0 Å². The highest BCUT2D eigenvalue weighted by Crippen LogP contribution is 2.23. The summed E-state index contributed by atoms with van der Waals surface area (Å²) in [7, 11) is 1.63. The third-order valence-electron chi connectivity index (χ3n) is 2.29. The molecule has 0 saturated heterocycles. The Hall–Kier alpha value is -1.35. The highest BCUT2D eigenvalue weighted by Gasteiger charge is 2.04. The zero-order chi connectivity index (χ0) is 11.4. The number of alkyl halides is 1. The van der Waals surface area contributed by atoms with E-state index in [0.717, 1.165) is 22.2 Å². The van der Waals surface area contributed by atoms with Gasteiger partial charge >= 0.3 is 0 Å². The van der Waals surface area contributed by atoms with Crippen molar-refractivity contribution in [3.63, 3.8) is 0 Å². The van der Waals surface area contributed by atoms with Gasteiger partial charge in [-0.3, -0.25) is 0 Å². The largest absolute Gasteiger partial charge is 0.481 e. The summed E-state index contributed by atoms with van der Waals surface area (Å²) < 4.78 is 5.19. The molecule has 0 N–H and O–H groups in total. The molecular weight excluding hydrogens is 266 g/mol. The monoisotopic (exact) mass is 277 g/mol. The Morgan fingerprint density at radius 2 is 1.94 bits per heavy atom. The molecular formula is C13H12BrNO. The second-order valence-corrected chi connectivity index (χ2v) is 3.96. The minimum atomic E-state index is 0.649. The van der Waals surface area contributed by atoms with Crippen molar-refractivity contribution in [1.82, 2.24) is 4.98 Å². The third kappa shape index (κ3) is 2.42. The van der Waals surface area contributed by atoms with E-state index in [-0.39, 0.29) is 0 Å². The number of ether oxygens (including phenoxy) is 1. The minimum Gasteiger partial charge on any atom is -0.481 e. The van der Waals surface area contributed by atoms with E-state index in [2.05, 4.69) is 27.0 Å². The number of nitrogens with zero attached hydrogens (tertiary/aromatic N) is 1. The van der Waals surface area contributed by atoms with Crippen molar-refractivity contribution in [3.05, 3.63) is 48.0 Å². The van der Waals surface area contributed by atoms with Crippen LogP contribution in [-0.2, 0) is 5.33 Å². The lowest BCUT2D eigenvalue weighted by molar-refractivity contribution is 0.398. The molecule has 16 heavy (non-hydrogen) atoms. The molecule has 0 atom stereocenters. The van der Waals surface area contributed by atoms with Crippen LogP contribution in [0.1, 0.15) is 5.56 Å². The van der Waals surface area contributed by atoms with Gasteiger partial charge in [0.15, 0.2) is 0 Å². The molecule has 1 heterocycles. The first kappa shape index (κ1) is 11.1. The number of hydrogen-bond donors (Lipinski definition) is 0. The molecule has 0 unspecified atom stereocenters. The van der Waals surface area contributed by atoms with Crippen molar-refractivity contribution in [2.45, 2.75) is 5.33 Å². The van der Waals surface area contributed by atoms with Gasteiger partial charge in [-0.05, 0) is 11.6 Å². The molecule has 0 aliphatic carbocycles. The van der Waals surface area contributed by atoms with E-state index in [4.69, 9.17) is 4.74 Å². The minimum absolute atomic E-state index is 0.649. The summed E-state index contributed by atoms with van der Waals surface area (Å²) in [6, 6.07) is 14.1. The fourth-order valence-electron chi connectivity index (χ4n) is 1.50. The van der Waals surface area contributed by atoms with Gasteiger partial charge in [-0.1, -0.05) is 46.3 Å². The lowest BCUT2D eigenvalue weighted by Crippen LogP contribution is -1.92. The summed E-state index contributed by atoms with van der Waals surface area (Å²) in [6.45, 7) is 0. The van der Waals surface area contributed by atoms with E-state index in [1.807, 2.05) is 36.4 Å². The molecule has 2 rings (SSSR count). The number of benzene rings is 1. The molecule has 0 aliphatic rings. The van der Waals surface area contributed by atoms with E-state index in [1.54, 1.807) is 7.11 Å². The number of pyridine rings is 1. The van der Waals surface area contributed by atoms with Crippen LogP contribution in [0.2, 0.25) is 0 Å². The lowest BCUT2D eigenvalue weighted by atomic mass is 10.1. The van der Waals surface area contributed by atoms with E-state index >= 15 is 0 Å². The predicted molar refractivity (Wildman–Crippen MR) is 68.9 cm³/mol. The van der Waals surface area contributed by atoms with E-state index < -0.39 is 0 Å². The maximum Gasteiger partial charge on any atom is 0.213 e. The SMILES string of the molecule is COc1cc(CBr)cc(-c2ccccc2)n1. The average molecular weight is 278 g/mol. The molecule has 2 aromatic rings. The van der Waals surface area contributed by atoms with Gasteiger partial charge < -0.3 is 4.74 Å². The Bertz CT molecular complexity index is 448. The van der Waals surface area contributed by atoms with Crippen LogP contribution in [0.5, 0.6) is 5.88 Å². The first-order chi connectivity index (χ1) is 7.83. The maximum absolute atomic E-state index is 5.19. The lowest BCUT2D eigenvalue weighted by Gasteiger charge is -2.06. The van der Waals surface area contributed by atoms with Crippen molar-refractivity contribution >= 4 is 15.9 Å². The van der Waals surface area contributed by atoms with Crippen molar-refractivity contribution in [3.8, 4) is 17.1 Å². The Balaban J connectivity index is 2.48. The summed E-state index contributed by atoms with van der Waals surface area (Å²) in [5, 5.41) is 0.797. The summed E-state index contributed by atoms with van der Waals surface area (Å²) in [6.07, 6.45) is 0. The highest BCUT2D eigenvalue weighted by atomic mass is 79.9. The molecule has 0 radical (unpaired) electrons. The normalized spacial score (nSPS) is 10.1. The van der Waals surface area contributed by atoms with Crippen LogP contribution in [0.3, 0.4) is 0 Å². The van der Waals surface area contributed by atoms with Crippen LogP contribution < -0.4 is 4.74 Å². The van der Waals surface area contributed by atoms with Gasteiger partial charge in [0.25, 0.3) is 0 Å². The van der Waals surface area contributed by atoms with E-state index in [0.29, 0.717) is 5.88 Å². The summed E-state index contributed by atoms with van der Waals surface area (Å²) in [5.41, 5.74) is 3.20. The number of methoxy groups -OCH3 is 1. The van der Waals surface area contributed by atoms with Crippen LogP contribution in [0, 0.1) is 0 Å². The third-order valence-corrected chi connectivity index (χ3v) is 2.94. The molecule has 0 bridgehead atoms. The molecule has 1 aromatic heterocycles. The first-order valence-corrected chi connectivity index (χ1v) is 6.12. The quantitative estimate of drug-likeness (QED) is 0.799. The Labute approximate surface area is 103 Å². The highest BCUT2D eigenvalue weighted by molar-refractivity contribution is 9.08. The van der Waals surface area contributed by atoms with Crippen LogP contribution in [-0.4, -0.2) is 12.1 Å². The van der Waals surface area contributed by atoms with Crippen molar-refractivity contribution < 1.29 is 4.74 Å². The van der Waals surface area contributed by atoms with E-state index in [1.165, 1.54) is 0 Å². The Morgan fingerprint density at radius 3 is 2.56 bits per heavy atom. The summed E-state index contributed by atoms with van der Waals surface area (Å²) >= 11 is 3.44. The van der Waals surface area contributed by atoms with Crippen LogP contribution in [0.15, 0.2) is 42.5 Å². The Kier molecular flexibility index (Phi) is 3.57. The van der Waals surface area contributed by atoms with Gasteiger partial charge in [0.2, 0.25) is 5.88 Å². The zero-order valence-corrected chi connectivity index (χ0v) is 10.6. The van der Waals surface area contributed by atoms with Gasteiger partial charge in [-0.15, -0.1) is 0 Å². The fraction of sp³-hybridized carbons (Fsp3) is 0.154. The van der Waals surface area contributed by atoms with Crippen molar-refractivity contribution in [1.29, 1.82) is 0 Å². The molecule has 0 aliphatic heterocycles. The molecule has 1 aromatic carbocycles. The molecule has 0 amide bonds. The fourth-order valence-corrected chi connectivity index (χ4v) is 1.82. The zero-order valence-electron chi connectivity index (χ0n) is 8.98. The maximum atomic E-state index is 5.19. The van der Waals surface area contributed by atoms with Crippen molar-refractivity contribution in [2.75, 3.05) is 7.11 Å². The molecule has 82 valence electrons. The van der Waals surface area contributed by atoms with Gasteiger partial charge in [0.05, 0.1) is 12.8 Å². The second-order valence-electron chi connectivity index (χ2n) is 3.40. The van der Waals surface area contributed by atoms with Crippen LogP contribution in [0.25, 0.3) is 11.3 Å². The van der Waals surface area contributed by atoms with Crippen LogP contribution in [0.4, 0.5) is 0 Å². The number of aromatic nitrogens is 1. The average Bonchev–Trinajstić information content (AvgIpc) is 2.39. The molecule has 0 fully saturated rings. The van der Waals surface area contributed by atoms with E-state index in [9.17, 15) is 0 Å². The first-order valence-electron chi connectivity index (χ1n) is 5.00. The topological polar surface area (TPSA) is 22.1 Å². The summed E-state index contributed by atoms with van der Waals surface area (Å²) in [4.78, 5) is 4.43. The second kappa shape index (κ2) is 5.12. The van der Waals surface area contributed by atoms with Gasteiger partial charge in [-0.25, -0.2) is 4.98 Å². The molecule has 2 nitrogen and oxygen atoms in total.